The minimum atomic E-state index is -0.392. The highest BCUT2D eigenvalue weighted by Crippen LogP contribution is 2.27. The fourth-order valence-electron chi connectivity index (χ4n) is 3.84. The number of nitrogens with one attached hydrogen (secondary N) is 1. The Morgan fingerprint density at radius 1 is 0.806 bits per heavy atom. The number of rotatable bonds is 7. The first kappa shape index (κ1) is 22.8. The molecule has 0 aliphatic rings. The third-order valence-corrected chi connectivity index (χ3v) is 5.73. The Labute approximate surface area is 209 Å². The predicted molar refractivity (Wildman–Crippen MR) is 142 cm³/mol. The molecular formula is C30H24N4O2. The molecule has 0 saturated carbocycles. The number of hydrazone groups is 1. The number of nitrogens with zero attached hydrogens (tertiary/aromatic N) is 3. The van der Waals surface area contributed by atoms with Gasteiger partial charge in [-0.15, -0.1) is 0 Å². The first-order valence-corrected chi connectivity index (χ1v) is 11.5. The van der Waals surface area contributed by atoms with E-state index < -0.39 is 5.91 Å². The maximum Gasteiger partial charge on any atom is 0.291 e. The highest BCUT2D eigenvalue weighted by atomic mass is 16.5. The number of carbonyl (C=O) groups excluding carboxylic acids is 1. The third-order valence-electron chi connectivity index (χ3n) is 5.73. The largest absolute Gasteiger partial charge is 0.497 e. The highest BCUT2D eigenvalue weighted by molar-refractivity contribution is 5.94. The summed E-state index contributed by atoms with van der Waals surface area (Å²) < 4.78 is 6.94. The summed E-state index contributed by atoms with van der Waals surface area (Å²) in [5.41, 5.74) is 8.58. The normalized spacial score (nSPS) is 10.9. The Morgan fingerprint density at radius 3 is 2.08 bits per heavy atom. The zero-order valence-electron chi connectivity index (χ0n) is 19.7. The van der Waals surface area contributed by atoms with Gasteiger partial charge in [0.05, 0.1) is 24.7 Å². The van der Waals surface area contributed by atoms with Crippen molar-refractivity contribution in [2.45, 2.75) is 0 Å². The number of hydrogen-bond acceptors (Lipinski definition) is 4. The van der Waals surface area contributed by atoms with E-state index in [0.717, 1.165) is 39.4 Å². The number of methoxy groups -OCH3 is 1. The van der Waals surface area contributed by atoms with Crippen molar-refractivity contribution < 1.29 is 9.53 Å². The molecule has 0 radical (unpaired) electrons. The maximum absolute atomic E-state index is 12.9. The number of carbonyl (C=O) groups is 1. The molecule has 4 aromatic carbocycles. The van der Waals surface area contributed by atoms with Crippen molar-refractivity contribution in [3.8, 4) is 33.8 Å². The van der Waals surface area contributed by atoms with Crippen LogP contribution in [-0.2, 0) is 0 Å². The van der Waals surface area contributed by atoms with E-state index in [1.165, 1.54) is 0 Å². The van der Waals surface area contributed by atoms with Crippen LogP contribution in [0.5, 0.6) is 5.75 Å². The van der Waals surface area contributed by atoms with E-state index in [1.807, 2.05) is 84.9 Å². The average molecular weight is 473 g/mol. The van der Waals surface area contributed by atoms with Gasteiger partial charge >= 0.3 is 0 Å². The summed E-state index contributed by atoms with van der Waals surface area (Å²) in [4.78, 5) is 12.9. The van der Waals surface area contributed by atoms with Crippen LogP contribution in [0.3, 0.4) is 0 Å². The van der Waals surface area contributed by atoms with Crippen LogP contribution in [0, 0.1) is 0 Å². The molecule has 5 aromatic rings. The van der Waals surface area contributed by atoms with Crippen molar-refractivity contribution in [3.05, 3.63) is 127 Å². The maximum atomic E-state index is 12.9. The van der Waals surface area contributed by atoms with Crippen LogP contribution in [0.25, 0.3) is 28.1 Å². The van der Waals surface area contributed by atoms with E-state index in [-0.39, 0.29) is 5.69 Å². The molecule has 1 N–H and O–H groups in total. The lowest BCUT2D eigenvalue weighted by Gasteiger charge is -2.08. The SMILES string of the molecule is COc1ccc(/C=N\NC(=O)c2cc(-c3ccc(-c4ccccc4)cc3)n(-c3ccccc3)n2)cc1. The van der Waals surface area contributed by atoms with Gasteiger partial charge in [-0.05, 0) is 59.2 Å². The lowest BCUT2D eigenvalue weighted by Crippen LogP contribution is -2.18. The molecule has 0 saturated heterocycles. The predicted octanol–water partition coefficient (Wildman–Crippen LogP) is 5.98. The first-order valence-electron chi connectivity index (χ1n) is 11.5. The van der Waals surface area contributed by atoms with Crippen molar-refractivity contribution in [3.63, 3.8) is 0 Å². The molecular weight excluding hydrogens is 448 g/mol. The smallest absolute Gasteiger partial charge is 0.291 e. The van der Waals surface area contributed by atoms with E-state index in [9.17, 15) is 4.79 Å². The Bertz CT molecular complexity index is 1470. The van der Waals surface area contributed by atoms with Crippen molar-refractivity contribution in [2.75, 3.05) is 7.11 Å². The number of hydrogen-bond donors (Lipinski definition) is 1. The van der Waals surface area contributed by atoms with Crippen LogP contribution in [0.15, 0.2) is 120 Å². The van der Waals surface area contributed by atoms with E-state index in [1.54, 1.807) is 24.1 Å². The molecule has 1 aromatic heterocycles. The lowest BCUT2D eigenvalue weighted by atomic mass is 10.0. The minimum Gasteiger partial charge on any atom is -0.497 e. The number of ether oxygens (including phenoxy) is 1. The number of benzene rings is 4. The molecule has 1 heterocycles. The minimum absolute atomic E-state index is 0.271. The molecule has 36 heavy (non-hydrogen) atoms. The average Bonchev–Trinajstić information content (AvgIpc) is 3.40. The zero-order valence-corrected chi connectivity index (χ0v) is 19.7. The van der Waals surface area contributed by atoms with Gasteiger partial charge in [0.25, 0.3) is 5.91 Å². The van der Waals surface area contributed by atoms with Gasteiger partial charge in [0.2, 0.25) is 0 Å². The quantitative estimate of drug-likeness (QED) is 0.234. The van der Waals surface area contributed by atoms with E-state index >= 15 is 0 Å². The van der Waals surface area contributed by atoms with E-state index in [4.69, 9.17) is 4.74 Å². The van der Waals surface area contributed by atoms with Gasteiger partial charge in [0, 0.05) is 5.56 Å². The van der Waals surface area contributed by atoms with Crippen molar-refractivity contribution in [1.29, 1.82) is 0 Å². The number of aromatic nitrogens is 2. The van der Waals surface area contributed by atoms with Gasteiger partial charge in [-0.25, -0.2) is 10.1 Å². The van der Waals surface area contributed by atoms with Crippen LogP contribution in [0.4, 0.5) is 0 Å². The fraction of sp³-hybridized carbons (Fsp3) is 0.0333. The summed E-state index contributed by atoms with van der Waals surface area (Å²) in [6.07, 6.45) is 1.58. The standard InChI is InChI=1S/C30H24N4O2/c1-36-27-18-12-22(13-19-27)21-31-32-30(35)28-20-29(34(33-28)26-10-6-3-7-11-26)25-16-14-24(15-17-25)23-8-4-2-5-9-23/h2-21H,1H3,(H,32,35)/b31-21-. The molecule has 6 heteroatoms. The van der Waals surface area contributed by atoms with Crippen molar-refractivity contribution in [1.82, 2.24) is 15.2 Å². The number of amides is 1. The van der Waals surface area contributed by atoms with Crippen LogP contribution in [-0.4, -0.2) is 29.0 Å². The first-order chi connectivity index (χ1) is 17.7. The molecule has 1 amide bonds. The summed E-state index contributed by atoms with van der Waals surface area (Å²) in [6, 6.07) is 37.4. The molecule has 0 bridgehead atoms. The lowest BCUT2D eigenvalue weighted by molar-refractivity contribution is 0.0949. The van der Waals surface area contributed by atoms with Crippen molar-refractivity contribution >= 4 is 12.1 Å². The van der Waals surface area contributed by atoms with Gasteiger partial charge in [-0.1, -0.05) is 72.8 Å². The highest BCUT2D eigenvalue weighted by Gasteiger charge is 2.16. The summed E-state index contributed by atoms with van der Waals surface area (Å²) in [5.74, 6) is 0.364. The molecule has 0 spiro atoms. The molecule has 0 aliphatic heterocycles. The molecule has 0 aliphatic carbocycles. The fourth-order valence-corrected chi connectivity index (χ4v) is 3.84. The molecule has 0 atom stereocenters. The molecule has 0 fully saturated rings. The van der Waals surface area contributed by atoms with Gasteiger partial charge < -0.3 is 4.74 Å². The van der Waals surface area contributed by atoms with E-state index in [2.05, 4.69) is 39.9 Å². The van der Waals surface area contributed by atoms with Gasteiger partial charge in [0.15, 0.2) is 5.69 Å². The van der Waals surface area contributed by atoms with E-state index in [0.29, 0.717) is 0 Å². The van der Waals surface area contributed by atoms with Crippen molar-refractivity contribution in [2.24, 2.45) is 5.10 Å². The second-order valence-corrected chi connectivity index (χ2v) is 8.08. The molecule has 176 valence electrons. The third kappa shape index (κ3) is 5.08. The Balaban J connectivity index is 1.42. The summed E-state index contributed by atoms with van der Waals surface area (Å²) in [5, 5.41) is 8.69. The second-order valence-electron chi connectivity index (χ2n) is 8.08. The van der Waals surface area contributed by atoms with Crippen LogP contribution in [0.1, 0.15) is 16.1 Å². The van der Waals surface area contributed by atoms with Crippen LogP contribution in [0.2, 0.25) is 0 Å². The molecule has 5 rings (SSSR count). The molecule has 0 unspecified atom stereocenters. The summed E-state index contributed by atoms with van der Waals surface area (Å²) in [6.45, 7) is 0. The van der Waals surface area contributed by atoms with Gasteiger partial charge in [0.1, 0.15) is 5.75 Å². The zero-order chi connectivity index (χ0) is 24.7. The molecule has 6 nitrogen and oxygen atoms in total. The summed E-state index contributed by atoms with van der Waals surface area (Å²) >= 11 is 0. The van der Waals surface area contributed by atoms with Crippen LogP contribution >= 0.6 is 0 Å². The van der Waals surface area contributed by atoms with Crippen LogP contribution < -0.4 is 10.2 Å². The summed E-state index contributed by atoms with van der Waals surface area (Å²) in [7, 11) is 1.61. The second kappa shape index (κ2) is 10.5. The topological polar surface area (TPSA) is 68.5 Å². The van der Waals surface area contributed by atoms with Gasteiger partial charge in [-0.3, -0.25) is 4.79 Å². The Hall–Kier alpha value is -4.97. The Morgan fingerprint density at radius 2 is 1.42 bits per heavy atom. The van der Waals surface area contributed by atoms with Gasteiger partial charge in [-0.2, -0.15) is 10.2 Å². The monoisotopic (exact) mass is 472 g/mol. The number of para-hydroxylation sites is 1. The Kier molecular flexibility index (Phi) is 6.67.